The molecule has 1 heterocycles. The molecule has 0 aromatic heterocycles. The quantitative estimate of drug-likeness (QED) is 0.801. The van der Waals surface area contributed by atoms with Gasteiger partial charge in [0.25, 0.3) is 0 Å². The molecule has 5 nitrogen and oxygen atoms in total. The van der Waals surface area contributed by atoms with Crippen molar-refractivity contribution < 1.29 is 17.9 Å². The zero-order chi connectivity index (χ0) is 18.7. The van der Waals surface area contributed by atoms with Crippen molar-refractivity contribution in [1.29, 1.82) is 0 Å². The van der Waals surface area contributed by atoms with Crippen molar-refractivity contribution in [2.24, 2.45) is 17.8 Å². The first-order valence-corrected chi connectivity index (χ1v) is 10.5. The van der Waals surface area contributed by atoms with E-state index in [0.717, 1.165) is 19.5 Å². The van der Waals surface area contributed by atoms with Gasteiger partial charge in [0.15, 0.2) is 0 Å². The van der Waals surface area contributed by atoms with Crippen molar-refractivity contribution in [2.75, 3.05) is 13.1 Å². The number of ether oxygens (including phenoxy) is 1. The number of hydrogen-bond acceptors (Lipinski definition) is 5. The molecule has 3 atom stereocenters. The molecule has 3 rings (SSSR count). The third-order valence-corrected chi connectivity index (χ3v) is 6.71. The number of allylic oxidation sites excluding steroid dienone is 1. The highest BCUT2D eigenvalue weighted by molar-refractivity contribution is 7.95. The Hall–Kier alpha value is -1.92. The monoisotopic (exact) mass is 375 g/mol. The summed E-state index contributed by atoms with van der Waals surface area (Å²) in [4.78, 5) is 12.6. The third kappa shape index (κ3) is 3.91. The molecule has 140 valence electrons. The van der Waals surface area contributed by atoms with E-state index >= 15 is 0 Å². The molecule has 6 heteroatoms. The zero-order valence-electron chi connectivity index (χ0n) is 15.1. The van der Waals surface area contributed by atoms with Crippen LogP contribution in [-0.4, -0.2) is 33.6 Å². The lowest BCUT2D eigenvalue weighted by Gasteiger charge is -2.30. The molecule has 0 spiro atoms. The van der Waals surface area contributed by atoms with Crippen LogP contribution in [-0.2, 0) is 19.4 Å². The average molecular weight is 375 g/mol. The van der Waals surface area contributed by atoms with Crippen LogP contribution in [0.25, 0.3) is 0 Å². The van der Waals surface area contributed by atoms with Gasteiger partial charge in [0, 0.05) is 5.92 Å². The van der Waals surface area contributed by atoms with Crippen molar-refractivity contribution in [3.63, 3.8) is 0 Å². The van der Waals surface area contributed by atoms with E-state index in [0.29, 0.717) is 5.92 Å². The SMILES string of the molecule is CC(C)C(=O)OC1C=C(S(=O)(=O)c2ccccc2)C=CC1[C@@H]1CCNC1. The minimum atomic E-state index is -3.63. The van der Waals surface area contributed by atoms with Crippen LogP contribution in [0.15, 0.2) is 58.4 Å². The molecular formula is C20H25NO4S. The first-order valence-electron chi connectivity index (χ1n) is 9.01. The fourth-order valence-electron chi connectivity index (χ4n) is 3.37. The fourth-order valence-corrected chi connectivity index (χ4v) is 4.73. The van der Waals surface area contributed by atoms with Gasteiger partial charge in [0.2, 0.25) is 9.84 Å². The second kappa shape index (κ2) is 7.76. The van der Waals surface area contributed by atoms with Gasteiger partial charge in [-0.3, -0.25) is 4.79 Å². The van der Waals surface area contributed by atoms with Crippen molar-refractivity contribution in [3.8, 4) is 0 Å². The number of carbonyl (C=O) groups excluding carboxylic acids is 1. The van der Waals surface area contributed by atoms with Gasteiger partial charge in [0.1, 0.15) is 6.10 Å². The van der Waals surface area contributed by atoms with Crippen molar-refractivity contribution in [3.05, 3.63) is 53.5 Å². The molecule has 0 radical (unpaired) electrons. The maximum atomic E-state index is 12.9. The predicted octanol–water partition coefficient (Wildman–Crippen LogP) is 2.71. The van der Waals surface area contributed by atoms with E-state index < -0.39 is 15.9 Å². The Morgan fingerprint density at radius 1 is 1.23 bits per heavy atom. The van der Waals surface area contributed by atoms with E-state index in [1.165, 1.54) is 0 Å². The summed E-state index contributed by atoms with van der Waals surface area (Å²) < 4.78 is 31.5. The second-order valence-electron chi connectivity index (χ2n) is 7.13. The maximum Gasteiger partial charge on any atom is 0.308 e. The van der Waals surface area contributed by atoms with E-state index in [9.17, 15) is 13.2 Å². The van der Waals surface area contributed by atoms with Crippen molar-refractivity contribution in [2.45, 2.75) is 31.3 Å². The smallest absolute Gasteiger partial charge is 0.308 e. The third-order valence-electron chi connectivity index (χ3n) is 4.92. The van der Waals surface area contributed by atoms with Crippen LogP contribution in [0.2, 0.25) is 0 Å². The average Bonchev–Trinajstić information content (AvgIpc) is 3.16. The van der Waals surface area contributed by atoms with Crippen molar-refractivity contribution in [1.82, 2.24) is 5.32 Å². The fraction of sp³-hybridized carbons (Fsp3) is 0.450. The summed E-state index contributed by atoms with van der Waals surface area (Å²) in [6.07, 6.45) is 5.58. The summed E-state index contributed by atoms with van der Waals surface area (Å²) in [5, 5.41) is 3.32. The molecule has 1 saturated heterocycles. The van der Waals surface area contributed by atoms with Gasteiger partial charge in [0.05, 0.1) is 15.7 Å². The number of esters is 1. The van der Waals surface area contributed by atoms with Gasteiger partial charge in [-0.25, -0.2) is 8.42 Å². The molecule has 1 aromatic carbocycles. The highest BCUT2D eigenvalue weighted by atomic mass is 32.2. The summed E-state index contributed by atoms with van der Waals surface area (Å²) >= 11 is 0. The zero-order valence-corrected chi connectivity index (χ0v) is 15.9. The molecule has 1 aliphatic heterocycles. The normalized spacial score (nSPS) is 26.0. The Morgan fingerprint density at radius 2 is 1.96 bits per heavy atom. The summed E-state index contributed by atoms with van der Waals surface area (Å²) in [6.45, 7) is 5.33. The number of nitrogens with one attached hydrogen (secondary N) is 1. The van der Waals surface area contributed by atoms with Crippen LogP contribution in [0.1, 0.15) is 20.3 Å². The minimum absolute atomic E-state index is 0.0116. The topological polar surface area (TPSA) is 72.5 Å². The molecule has 1 fully saturated rings. The molecule has 1 N–H and O–H groups in total. The van der Waals surface area contributed by atoms with Crippen LogP contribution < -0.4 is 5.32 Å². The standard InChI is InChI=1S/C20H25NO4S/c1-14(2)20(22)25-19-12-17(8-9-18(19)15-10-11-21-13-15)26(23,24)16-6-4-3-5-7-16/h3-9,12,14-15,18-19,21H,10-11,13H2,1-2H3/t15-,18?,19?/m1/s1. The number of rotatable bonds is 5. The van der Waals surface area contributed by atoms with E-state index in [-0.39, 0.29) is 27.6 Å². The Morgan fingerprint density at radius 3 is 2.58 bits per heavy atom. The van der Waals surface area contributed by atoms with Gasteiger partial charge in [-0.15, -0.1) is 0 Å². The lowest BCUT2D eigenvalue weighted by molar-refractivity contribution is -0.152. The molecule has 0 amide bonds. The Balaban J connectivity index is 1.92. The van der Waals surface area contributed by atoms with Crippen molar-refractivity contribution >= 4 is 15.8 Å². The Bertz CT molecular complexity index is 805. The van der Waals surface area contributed by atoms with Crippen LogP contribution in [0.5, 0.6) is 0 Å². The van der Waals surface area contributed by atoms with Gasteiger partial charge in [-0.05, 0) is 49.7 Å². The van der Waals surface area contributed by atoms with Crippen LogP contribution in [0.3, 0.4) is 0 Å². The summed E-state index contributed by atoms with van der Waals surface area (Å²) in [6, 6.07) is 8.32. The summed E-state index contributed by atoms with van der Waals surface area (Å²) in [7, 11) is -3.63. The largest absolute Gasteiger partial charge is 0.457 e. The minimum Gasteiger partial charge on any atom is -0.457 e. The molecule has 2 unspecified atom stereocenters. The van der Waals surface area contributed by atoms with Gasteiger partial charge < -0.3 is 10.1 Å². The maximum absolute atomic E-state index is 12.9. The number of sulfone groups is 1. The molecule has 1 aromatic rings. The molecule has 26 heavy (non-hydrogen) atoms. The molecule has 1 aliphatic carbocycles. The molecule has 0 saturated carbocycles. The van der Waals surface area contributed by atoms with Crippen LogP contribution >= 0.6 is 0 Å². The van der Waals surface area contributed by atoms with Crippen LogP contribution in [0.4, 0.5) is 0 Å². The van der Waals surface area contributed by atoms with E-state index in [1.807, 2.05) is 6.08 Å². The lowest BCUT2D eigenvalue weighted by Crippen LogP contribution is -2.34. The Labute approximate surface area is 155 Å². The first kappa shape index (κ1) is 18.9. The number of benzene rings is 1. The van der Waals surface area contributed by atoms with E-state index in [4.69, 9.17) is 4.74 Å². The van der Waals surface area contributed by atoms with E-state index in [2.05, 4.69) is 5.32 Å². The highest BCUT2D eigenvalue weighted by Crippen LogP contribution is 2.33. The van der Waals surface area contributed by atoms with Gasteiger partial charge in [-0.1, -0.05) is 38.1 Å². The molecular weight excluding hydrogens is 350 g/mol. The number of hydrogen-bond donors (Lipinski definition) is 1. The van der Waals surface area contributed by atoms with Gasteiger partial charge >= 0.3 is 5.97 Å². The molecule has 0 bridgehead atoms. The predicted molar refractivity (Wildman–Crippen MR) is 100 cm³/mol. The number of carbonyl (C=O) groups is 1. The summed E-state index contributed by atoms with van der Waals surface area (Å²) in [5.41, 5.74) is 0. The lowest BCUT2D eigenvalue weighted by atomic mass is 9.84. The summed E-state index contributed by atoms with van der Waals surface area (Å²) in [5.74, 6) is -0.254. The first-order chi connectivity index (χ1) is 12.4. The second-order valence-corrected chi connectivity index (χ2v) is 9.08. The van der Waals surface area contributed by atoms with Crippen LogP contribution in [0, 0.1) is 17.8 Å². The Kier molecular flexibility index (Phi) is 5.63. The highest BCUT2D eigenvalue weighted by Gasteiger charge is 2.35. The van der Waals surface area contributed by atoms with Gasteiger partial charge in [-0.2, -0.15) is 0 Å². The molecule has 2 aliphatic rings. The van der Waals surface area contributed by atoms with E-state index in [1.54, 1.807) is 56.3 Å².